The number of aromatic nitrogens is 1. The first kappa shape index (κ1) is 36.8. The molecule has 1 aliphatic heterocycles. The highest BCUT2D eigenvalue weighted by molar-refractivity contribution is 5.95. The summed E-state index contributed by atoms with van der Waals surface area (Å²) in [5, 5.41) is 17.0. The molecule has 6 rings (SSSR count). The second-order valence-corrected chi connectivity index (χ2v) is 13.9. The van der Waals surface area contributed by atoms with E-state index in [9.17, 15) is 24.3 Å². The zero-order valence-corrected chi connectivity index (χ0v) is 30.0. The third-order valence-electron chi connectivity index (χ3n) is 10.1. The molecule has 0 saturated carbocycles. The Hall–Kier alpha value is -5.94. The summed E-state index contributed by atoms with van der Waals surface area (Å²) in [5.74, 6) is -1.83. The number of amides is 4. The Bertz CT molecular complexity index is 2110. The molecule has 0 spiro atoms. The third kappa shape index (κ3) is 8.58. The van der Waals surface area contributed by atoms with Crippen molar-refractivity contribution in [1.29, 1.82) is 0 Å². The second-order valence-electron chi connectivity index (χ2n) is 13.9. The maximum absolute atomic E-state index is 14.6. The van der Waals surface area contributed by atoms with Crippen LogP contribution in [0.5, 0.6) is 5.75 Å². The Balaban J connectivity index is 1.30. The highest BCUT2D eigenvalue weighted by atomic mass is 16.3. The monoisotopic (exact) mass is 714 g/mol. The minimum Gasteiger partial charge on any atom is -0.508 e. The molecule has 0 saturated heterocycles. The number of nitrogens with two attached hydrogens (primary N) is 2. The Kier molecular flexibility index (Phi) is 11.2. The van der Waals surface area contributed by atoms with E-state index in [4.69, 9.17) is 11.5 Å². The van der Waals surface area contributed by atoms with Gasteiger partial charge in [-0.3, -0.25) is 19.2 Å². The molecular weight excluding hydrogens is 668 g/mol. The van der Waals surface area contributed by atoms with Crippen LogP contribution < -0.4 is 22.1 Å². The highest BCUT2D eigenvalue weighted by Gasteiger charge is 2.39. The van der Waals surface area contributed by atoms with Crippen LogP contribution in [0.1, 0.15) is 51.4 Å². The second kappa shape index (κ2) is 16.2. The fourth-order valence-corrected chi connectivity index (χ4v) is 7.50. The first-order valence-electron chi connectivity index (χ1n) is 17.9. The molecular formula is C42H46N6O5. The smallest absolute Gasteiger partial charge is 0.248 e. The summed E-state index contributed by atoms with van der Waals surface area (Å²) in [5.41, 5.74) is 18.9. The van der Waals surface area contributed by atoms with Crippen molar-refractivity contribution < 1.29 is 24.3 Å². The van der Waals surface area contributed by atoms with Crippen molar-refractivity contribution in [2.45, 2.75) is 70.1 Å². The van der Waals surface area contributed by atoms with E-state index in [0.29, 0.717) is 18.4 Å². The number of hydrogen-bond donors (Lipinski definition) is 6. The van der Waals surface area contributed by atoms with Crippen LogP contribution in [0.25, 0.3) is 10.9 Å². The van der Waals surface area contributed by atoms with E-state index >= 15 is 0 Å². The van der Waals surface area contributed by atoms with E-state index in [1.165, 1.54) is 4.90 Å². The van der Waals surface area contributed by atoms with Gasteiger partial charge in [0, 0.05) is 42.5 Å². The maximum atomic E-state index is 14.6. The van der Waals surface area contributed by atoms with E-state index in [1.807, 2.05) is 98.9 Å². The highest BCUT2D eigenvalue weighted by Crippen LogP contribution is 2.32. The molecule has 4 amide bonds. The number of carbonyl (C=O) groups is 4. The molecule has 0 radical (unpaired) electrons. The zero-order chi connectivity index (χ0) is 37.6. The number of phenolic OH excluding ortho intramolecular Hbond substituents is 1. The van der Waals surface area contributed by atoms with E-state index in [-0.39, 0.29) is 31.6 Å². The number of H-pyrrole nitrogens is 1. The van der Waals surface area contributed by atoms with Gasteiger partial charge in [-0.15, -0.1) is 0 Å². The Labute approximate surface area is 308 Å². The normalized spacial score (nSPS) is 15.6. The number of nitrogens with one attached hydrogen (secondary N) is 3. The SMILES string of the molecule is Cc1cc(O)cc(C)c1C[C@H](N)C(=O)N1CCc2ccccc2C1C(=O)N[C@@H](Cc1c[nH]c2ccccc12)C(=O)N[C@H](CC(N)=O)Cc1ccccc1. The summed E-state index contributed by atoms with van der Waals surface area (Å²) in [4.78, 5) is 60.0. The van der Waals surface area contributed by atoms with Gasteiger partial charge < -0.3 is 37.1 Å². The number of phenols is 1. The van der Waals surface area contributed by atoms with Crippen molar-refractivity contribution in [1.82, 2.24) is 20.5 Å². The fourth-order valence-electron chi connectivity index (χ4n) is 7.50. The third-order valence-corrected chi connectivity index (χ3v) is 10.1. The van der Waals surface area contributed by atoms with Crippen molar-refractivity contribution >= 4 is 34.5 Å². The number of rotatable bonds is 13. The summed E-state index contributed by atoms with van der Waals surface area (Å²) < 4.78 is 0. The number of primary amides is 1. The molecule has 5 aromatic rings. The molecule has 11 nitrogen and oxygen atoms in total. The Morgan fingerprint density at radius 3 is 2.30 bits per heavy atom. The van der Waals surface area contributed by atoms with Crippen LogP contribution >= 0.6 is 0 Å². The zero-order valence-electron chi connectivity index (χ0n) is 30.0. The van der Waals surface area contributed by atoms with Crippen LogP contribution in [-0.2, 0) is 44.9 Å². The predicted molar refractivity (Wildman–Crippen MR) is 204 cm³/mol. The average Bonchev–Trinajstić information content (AvgIpc) is 3.54. The van der Waals surface area contributed by atoms with Gasteiger partial charge in [-0.05, 0) is 90.3 Å². The molecule has 2 heterocycles. The van der Waals surface area contributed by atoms with Crippen molar-refractivity contribution in [2.75, 3.05) is 6.54 Å². The topological polar surface area (TPSA) is 184 Å². The lowest BCUT2D eigenvalue weighted by atomic mass is 9.90. The van der Waals surface area contributed by atoms with Gasteiger partial charge in [-0.1, -0.05) is 72.8 Å². The van der Waals surface area contributed by atoms with Crippen molar-refractivity contribution in [2.24, 2.45) is 11.5 Å². The summed E-state index contributed by atoms with van der Waals surface area (Å²) in [6.07, 6.45) is 2.97. The Morgan fingerprint density at radius 2 is 1.57 bits per heavy atom. The lowest BCUT2D eigenvalue weighted by Crippen LogP contribution is -2.57. The summed E-state index contributed by atoms with van der Waals surface area (Å²) in [7, 11) is 0. The largest absolute Gasteiger partial charge is 0.508 e. The van der Waals surface area contributed by atoms with Crippen molar-refractivity contribution in [3.8, 4) is 5.75 Å². The number of fused-ring (bicyclic) bond motifs is 2. The molecule has 274 valence electrons. The molecule has 1 aliphatic rings. The number of aromatic amines is 1. The van der Waals surface area contributed by atoms with Gasteiger partial charge in [0.25, 0.3) is 0 Å². The van der Waals surface area contributed by atoms with Gasteiger partial charge in [0.05, 0.1) is 6.04 Å². The molecule has 0 bridgehead atoms. The lowest BCUT2D eigenvalue weighted by Gasteiger charge is -2.38. The quantitative estimate of drug-likeness (QED) is 0.108. The van der Waals surface area contributed by atoms with Gasteiger partial charge >= 0.3 is 0 Å². The van der Waals surface area contributed by atoms with Crippen LogP contribution in [0, 0.1) is 13.8 Å². The fraction of sp³-hybridized carbons (Fsp3) is 0.286. The summed E-state index contributed by atoms with van der Waals surface area (Å²) in [6.45, 7) is 3.98. The number of para-hydroxylation sites is 1. The summed E-state index contributed by atoms with van der Waals surface area (Å²) in [6, 6.07) is 24.2. The van der Waals surface area contributed by atoms with E-state index in [2.05, 4.69) is 15.6 Å². The number of carbonyl (C=O) groups excluding carboxylic acids is 4. The number of hydrogen-bond acceptors (Lipinski definition) is 6. The van der Waals surface area contributed by atoms with Crippen molar-refractivity contribution in [3.63, 3.8) is 0 Å². The number of nitrogens with zero attached hydrogens (tertiary/aromatic N) is 1. The van der Waals surface area contributed by atoms with E-state index < -0.39 is 47.8 Å². The molecule has 0 aliphatic carbocycles. The molecule has 8 N–H and O–H groups in total. The minimum atomic E-state index is -1.07. The van der Waals surface area contributed by atoms with E-state index in [1.54, 1.807) is 12.1 Å². The van der Waals surface area contributed by atoms with Gasteiger partial charge in [-0.2, -0.15) is 0 Å². The van der Waals surface area contributed by atoms with Crippen LogP contribution in [0.2, 0.25) is 0 Å². The molecule has 1 unspecified atom stereocenters. The number of aryl methyl sites for hydroxylation is 2. The lowest BCUT2D eigenvalue weighted by molar-refractivity contribution is -0.143. The van der Waals surface area contributed by atoms with Crippen molar-refractivity contribution in [3.05, 3.63) is 136 Å². The first-order valence-corrected chi connectivity index (χ1v) is 17.9. The van der Waals surface area contributed by atoms with Gasteiger partial charge in [-0.25, -0.2) is 0 Å². The molecule has 0 fully saturated rings. The average molecular weight is 715 g/mol. The van der Waals surface area contributed by atoms with Crippen LogP contribution in [0.4, 0.5) is 0 Å². The molecule has 53 heavy (non-hydrogen) atoms. The standard InChI is InChI=1S/C42H46N6O5/c1-25-18-31(49)19-26(2)34(25)23-35(43)42(53)48-17-16-28-12-6-7-14-33(28)39(48)41(52)47-37(21-29-24-45-36-15-9-8-13-32(29)36)40(51)46-30(22-38(44)50)20-27-10-4-3-5-11-27/h3-15,18-19,24,30,35,37,39,45,49H,16-17,20-23,43H2,1-2H3,(H2,44,50)(H,46,51)(H,47,52)/t30-,35-,37-,39?/m0/s1. The maximum Gasteiger partial charge on any atom is 0.248 e. The molecule has 11 heteroatoms. The van der Waals surface area contributed by atoms with Crippen LogP contribution in [-0.4, -0.2) is 63.3 Å². The first-order chi connectivity index (χ1) is 25.5. The molecule has 4 aromatic carbocycles. The number of benzene rings is 4. The van der Waals surface area contributed by atoms with E-state index in [0.717, 1.165) is 44.3 Å². The Morgan fingerprint density at radius 1 is 0.887 bits per heavy atom. The number of aromatic hydroxyl groups is 1. The van der Waals surface area contributed by atoms with Gasteiger partial charge in [0.2, 0.25) is 23.6 Å². The van der Waals surface area contributed by atoms with Crippen LogP contribution in [0.3, 0.4) is 0 Å². The predicted octanol–water partition coefficient (Wildman–Crippen LogP) is 3.82. The van der Waals surface area contributed by atoms with Gasteiger partial charge in [0.1, 0.15) is 17.8 Å². The molecule has 1 aromatic heterocycles. The summed E-state index contributed by atoms with van der Waals surface area (Å²) >= 11 is 0. The van der Waals surface area contributed by atoms with Gasteiger partial charge in [0.15, 0.2) is 0 Å². The molecule has 4 atom stereocenters. The van der Waals surface area contributed by atoms with Crippen LogP contribution in [0.15, 0.2) is 97.2 Å². The minimum absolute atomic E-state index is 0.0927.